The summed E-state index contributed by atoms with van der Waals surface area (Å²) in [6.07, 6.45) is 0.472. The van der Waals surface area contributed by atoms with E-state index in [0.717, 1.165) is 0 Å². The second-order valence-corrected chi connectivity index (χ2v) is 3.47. The number of fused-ring (bicyclic) bond motifs is 1. The molecule has 92 valence electrons. The lowest BCUT2D eigenvalue weighted by Crippen LogP contribution is -2.03. The molecule has 0 saturated heterocycles. The Labute approximate surface area is 100 Å². The van der Waals surface area contributed by atoms with Crippen LogP contribution >= 0.6 is 0 Å². The number of hydrogen-bond donors (Lipinski definition) is 3. The smallest absolute Gasteiger partial charge is 0.371 e. The number of carbonyl (C=O) groups excluding carboxylic acids is 1. The molecule has 0 unspecified atom stereocenters. The van der Waals surface area contributed by atoms with Gasteiger partial charge in [0, 0.05) is 6.08 Å². The quantitative estimate of drug-likeness (QED) is 0.434. The summed E-state index contributed by atoms with van der Waals surface area (Å²) in [4.78, 5) is 22.0. The van der Waals surface area contributed by atoms with Crippen LogP contribution in [-0.4, -0.2) is 27.1 Å². The van der Waals surface area contributed by atoms with Crippen molar-refractivity contribution in [3.05, 3.63) is 41.9 Å². The van der Waals surface area contributed by atoms with Gasteiger partial charge in [0.2, 0.25) is 17.3 Å². The van der Waals surface area contributed by atoms with Crippen LogP contribution in [0.2, 0.25) is 0 Å². The van der Waals surface area contributed by atoms with Gasteiger partial charge in [-0.25, -0.2) is 4.79 Å². The van der Waals surface area contributed by atoms with Gasteiger partial charge in [-0.1, -0.05) is 12.1 Å². The Hall–Kier alpha value is -2.76. The zero-order chi connectivity index (χ0) is 13.3. The van der Waals surface area contributed by atoms with Crippen LogP contribution < -0.4 is 0 Å². The Kier molecular flexibility index (Phi) is 2.77. The Morgan fingerprint density at radius 1 is 1.17 bits per heavy atom. The number of carboxylic acid groups (broad SMARTS) is 1. The molecular formula is C12H8O6. The molecule has 0 radical (unpaired) electrons. The zero-order valence-corrected chi connectivity index (χ0v) is 8.95. The Bertz CT molecular complexity index is 664. The summed E-state index contributed by atoms with van der Waals surface area (Å²) in [6.45, 7) is 0. The van der Waals surface area contributed by atoms with Crippen LogP contribution in [0.4, 0.5) is 0 Å². The van der Waals surface area contributed by atoms with Gasteiger partial charge in [0.05, 0.1) is 5.39 Å². The van der Waals surface area contributed by atoms with Crippen molar-refractivity contribution < 1.29 is 29.3 Å². The lowest BCUT2D eigenvalue weighted by atomic mass is 10.2. The molecule has 18 heavy (non-hydrogen) atoms. The van der Waals surface area contributed by atoms with Crippen molar-refractivity contribution in [2.45, 2.75) is 0 Å². The van der Waals surface area contributed by atoms with E-state index in [9.17, 15) is 14.7 Å². The molecular weight excluding hydrogens is 240 g/mol. The maximum atomic E-state index is 11.6. The van der Waals surface area contributed by atoms with Gasteiger partial charge in [0.15, 0.2) is 5.75 Å². The van der Waals surface area contributed by atoms with Crippen LogP contribution in [0.25, 0.3) is 11.0 Å². The molecule has 0 aliphatic carbocycles. The molecule has 0 fully saturated rings. The average Bonchev–Trinajstić information content (AvgIpc) is 2.67. The van der Waals surface area contributed by atoms with Gasteiger partial charge in [0.1, 0.15) is 5.58 Å². The van der Waals surface area contributed by atoms with Crippen LogP contribution in [0, 0.1) is 0 Å². The number of aliphatic carboxylic acids is 1. The fourth-order valence-electron chi connectivity index (χ4n) is 1.45. The number of furan rings is 1. The third kappa shape index (κ3) is 1.91. The van der Waals surface area contributed by atoms with Crippen molar-refractivity contribution in [3.63, 3.8) is 0 Å². The fraction of sp³-hybridized carbons (Fsp3) is 0. The largest absolute Gasteiger partial charge is 0.504 e. The number of aliphatic hydroxyl groups excluding tert-OH is 1. The van der Waals surface area contributed by atoms with Crippen molar-refractivity contribution in [3.8, 4) is 5.75 Å². The number of benzene rings is 1. The molecule has 0 amide bonds. The average molecular weight is 248 g/mol. The highest BCUT2D eigenvalue weighted by Crippen LogP contribution is 2.32. The number of allylic oxidation sites excluding steroid dienone is 1. The van der Waals surface area contributed by atoms with Gasteiger partial charge in [0.25, 0.3) is 0 Å². The van der Waals surface area contributed by atoms with Gasteiger partial charge < -0.3 is 19.7 Å². The first-order valence-corrected chi connectivity index (χ1v) is 4.89. The first-order chi connectivity index (χ1) is 8.50. The van der Waals surface area contributed by atoms with Gasteiger partial charge in [-0.05, 0) is 12.1 Å². The van der Waals surface area contributed by atoms with E-state index in [4.69, 9.17) is 14.6 Å². The summed E-state index contributed by atoms with van der Waals surface area (Å²) in [6, 6.07) is 6.40. The molecule has 2 rings (SSSR count). The SMILES string of the molecule is O=C(O)/C(O)=C/C(=O)c1oc2ccccc2c1O. The molecule has 1 heterocycles. The lowest BCUT2D eigenvalue weighted by Gasteiger charge is -1.92. The number of para-hydroxylation sites is 1. The summed E-state index contributed by atoms with van der Waals surface area (Å²) in [5.74, 6) is -4.49. The van der Waals surface area contributed by atoms with Crippen LogP contribution in [-0.2, 0) is 4.79 Å². The minimum atomic E-state index is -1.64. The second kappa shape index (κ2) is 4.25. The molecule has 0 aliphatic rings. The predicted octanol–water partition coefficient (Wildman–Crippen LogP) is 1.85. The van der Waals surface area contributed by atoms with Crippen molar-refractivity contribution in [2.24, 2.45) is 0 Å². The molecule has 6 heteroatoms. The van der Waals surface area contributed by atoms with Crippen molar-refractivity contribution in [1.29, 1.82) is 0 Å². The van der Waals surface area contributed by atoms with Crippen LogP contribution in [0.1, 0.15) is 10.6 Å². The van der Waals surface area contributed by atoms with Crippen LogP contribution in [0.5, 0.6) is 5.75 Å². The normalized spacial score (nSPS) is 11.7. The lowest BCUT2D eigenvalue weighted by molar-refractivity contribution is -0.135. The molecule has 6 nitrogen and oxygen atoms in total. The fourth-order valence-corrected chi connectivity index (χ4v) is 1.45. The highest BCUT2D eigenvalue weighted by atomic mass is 16.4. The molecule has 2 aromatic rings. The van der Waals surface area contributed by atoms with E-state index in [0.29, 0.717) is 17.0 Å². The first kappa shape index (κ1) is 11.7. The minimum Gasteiger partial charge on any atom is -0.504 e. The third-order valence-corrected chi connectivity index (χ3v) is 2.28. The molecule has 3 N–H and O–H groups in total. The van der Waals surface area contributed by atoms with E-state index in [2.05, 4.69) is 0 Å². The van der Waals surface area contributed by atoms with E-state index >= 15 is 0 Å². The molecule has 0 spiro atoms. The van der Waals surface area contributed by atoms with Crippen LogP contribution in [0.3, 0.4) is 0 Å². The minimum absolute atomic E-state index is 0.293. The second-order valence-electron chi connectivity index (χ2n) is 3.47. The molecule has 0 aliphatic heterocycles. The van der Waals surface area contributed by atoms with E-state index in [1.54, 1.807) is 24.3 Å². The summed E-state index contributed by atoms with van der Waals surface area (Å²) in [5, 5.41) is 27.4. The van der Waals surface area contributed by atoms with Gasteiger partial charge in [-0.15, -0.1) is 0 Å². The first-order valence-electron chi connectivity index (χ1n) is 4.89. The summed E-state index contributed by atoms with van der Waals surface area (Å²) >= 11 is 0. The zero-order valence-electron chi connectivity index (χ0n) is 8.95. The summed E-state index contributed by atoms with van der Waals surface area (Å²) in [5.41, 5.74) is 0.293. The molecule has 0 saturated carbocycles. The van der Waals surface area contributed by atoms with Crippen molar-refractivity contribution in [1.82, 2.24) is 0 Å². The van der Waals surface area contributed by atoms with E-state index in [1.165, 1.54) is 0 Å². The highest BCUT2D eigenvalue weighted by molar-refractivity contribution is 6.10. The molecule has 1 aromatic heterocycles. The van der Waals surface area contributed by atoms with E-state index in [-0.39, 0.29) is 5.75 Å². The topological polar surface area (TPSA) is 108 Å². The Morgan fingerprint density at radius 2 is 1.83 bits per heavy atom. The standard InChI is InChI=1S/C12H8O6/c13-7(5-8(14)12(16)17)11-10(15)6-3-1-2-4-9(6)18-11/h1-5,14-15H,(H,16,17)/b8-5-. The number of aromatic hydroxyl groups is 1. The number of ketones is 1. The van der Waals surface area contributed by atoms with E-state index in [1.807, 2.05) is 0 Å². The number of carbonyl (C=O) groups is 2. The summed E-state index contributed by atoms with van der Waals surface area (Å²) in [7, 11) is 0. The maximum absolute atomic E-state index is 11.6. The Balaban J connectivity index is 2.49. The maximum Gasteiger partial charge on any atom is 0.371 e. The summed E-state index contributed by atoms with van der Waals surface area (Å²) < 4.78 is 5.09. The third-order valence-electron chi connectivity index (χ3n) is 2.28. The molecule has 0 bridgehead atoms. The number of hydrogen-bond acceptors (Lipinski definition) is 5. The van der Waals surface area contributed by atoms with Crippen molar-refractivity contribution in [2.75, 3.05) is 0 Å². The number of rotatable bonds is 3. The predicted molar refractivity (Wildman–Crippen MR) is 60.6 cm³/mol. The van der Waals surface area contributed by atoms with Gasteiger partial charge in [-0.2, -0.15) is 0 Å². The molecule has 0 atom stereocenters. The number of carboxylic acids is 1. The van der Waals surface area contributed by atoms with Gasteiger partial charge in [-0.3, -0.25) is 4.79 Å². The number of aliphatic hydroxyl groups is 1. The monoisotopic (exact) mass is 248 g/mol. The van der Waals surface area contributed by atoms with Gasteiger partial charge >= 0.3 is 5.97 Å². The van der Waals surface area contributed by atoms with Crippen LogP contribution in [0.15, 0.2) is 40.5 Å². The van der Waals surface area contributed by atoms with E-state index < -0.39 is 23.3 Å². The van der Waals surface area contributed by atoms with Crippen molar-refractivity contribution >= 4 is 22.7 Å². The molecule has 1 aromatic carbocycles. The Morgan fingerprint density at radius 3 is 2.44 bits per heavy atom. The highest BCUT2D eigenvalue weighted by Gasteiger charge is 2.20.